The first-order valence-corrected chi connectivity index (χ1v) is 9.90. The van der Waals surface area contributed by atoms with Crippen molar-refractivity contribution in [3.05, 3.63) is 82.6 Å². The molecule has 3 aromatic rings. The molecular weight excluding hydrogens is 356 g/mol. The van der Waals surface area contributed by atoms with Crippen LogP contribution in [0.15, 0.2) is 72.1 Å². The zero-order valence-electron chi connectivity index (χ0n) is 15.7. The molecule has 1 heterocycles. The number of hydrogen-bond donors (Lipinski definition) is 1. The SMILES string of the molecule is COc1ccc(N(Cc2cccs2)C(=O)C[NH2+][C@@H](C)c2ccccc2)cc1. The molecule has 1 atom stereocenters. The van der Waals surface area contributed by atoms with Crippen LogP contribution in [0.1, 0.15) is 23.4 Å². The molecule has 0 aliphatic carbocycles. The van der Waals surface area contributed by atoms with Gasteiger partial charge in [0, 0.05) is 16.1 Å². The Morgan fingerprint density at radius 2 is 1.81 bits per heavy atom. The summed E-state index contributed by atoms with van der Waals surface area (Å²) in [6.45, 7) is 3.10. The minimum Gasteiger partial charge on any atom is -0.497 e. The predicted octanol–water partition coefficient (Wildman–Crippen LogP) is 3.61. The molecular formula is C22H25N2O2S+. The summed E-state index contributed by atoms with van der Waals surface area (Å²) in [6, 6.07) is 22.2. The van der Waals surface area contributed by atoms with Gasteiger partial charge in [0.25, 0.3) is 5.91 Å². The van der Waals surface area contributed by atoms with Crippen molar-refractivity contribution in [2.75, 3.05) is 18.6 Å². The third kappa shape index (κ3) is 5.18. The van der Waals surface area contributed by atoms with Crippen LogP contribution in [0, 0.1) is 0 Å². The summed E-state index contributed by atoms with van der Waals surface area (Å²) in [5, 5.41) is 4.12. The molecule has 0 saturated heterocycles. The zero-order chi connectivity index (χ0) is 19.1. The van der Waals surface area contributed by atoms with Gasteiger partial charge in [-0.3, -0.25) is 4.79 Å². The molecule has 2 aromatic carbocycles. The normalized spacial score (nSPS) is 11.8. The van der Waals surface area contributed by atoms with Crippen molar-refractivity contribution >= 4 is 22.9 Å². The number of thiophene rings is 1. The maximum atomic E-state index is 13.0. The van der Waals surface area contributed by atoms with Crippen LogP contribution in [0.5, 0.6) is 5.75 Å². The summed E-state index contributed by atoms with van der Waals surface area (Å²) in [5.74, 6) is 0.878. The topological polar surface area (TPSA) is 46.1 Å². The predicted molar refractivity (Wildman–Crippen MR) is 110 cm³/mol. The molecule has 0 unspecified atom stereocenters. The van der Waals surface area contributed by atoms with Gasteiger partial charge in [0.15, 0.2) is 6.54 Å². The Labute approximate surface area is 164 Å². The average molecular weight is 382 g/mol. The average Bonchev–Trinajstić information content (AvgIpc) is 3.24. The molecule has 27 heavy (non-hydrogen) atoms. The number of carbonyl (C=O) groups excluding carboxylic acids is 1. The number of nitrogens with zero attached hydrogens (tertiary/aromatic N) is 1. The van der Waals surface area contributed by atoms with E-state index in [1.54, 1.807) is 18.4 Å². The highest BCUT2D eigenvalue weighted by Gasteiger charge is 2.20. The number of benzene rings is 2. The highest BCUT2D eigenvalue weighted by atomic mass is 32.1. The summed E-state index contributed by atoms with van der Waals surface area (Å²) < 4.78 is 5.24. The van der Waals surface area contributed by atoms with E-state index in [1.165, 1.54) is 5.56 Å². The largest absolute Gasteiger partial charge is 0.497 e. The second-order valence-corrected chi connectivity index (χ2v) is 7.43. The molecule has 4 nitrogen and oxygen atoms in total. The van der Waals surface area contributed by atoms with Crippen LogP contribution >= 0.6 is 11.3 Å². The Hall–Kier alpha value is -2.63. The van der Waals surface area contributed by atoms with E-state index in [4.69, 9.17) is 4.74 Å². The monoisotopic (exact) mass is 381 g/mol. The van der Waals surface area contributed by atoms with E-state index in [9.17, 15) is 4.79 Å². The molecule has 3 rings (SSSR count). The van der Waals surface area contributed by atoms with Crippen LogP contribution in [0.3, 0.4) is 0 Å². The fraction of sp³-hybridized carbons (Fsp3) is 0.227. The zero-order valence-corrected chi connectivity index (χ0v) is 16.5. The molecule has 1 amide bonds. The molecule has 5 heteroatoms. The lowest BCUT2D eigenvalue weighted by Crippen LogP contribution is -2.87. The van der Waals surface area contributed by atoms with Gasteiger partial charge in [-0.25, -0.2) is 0 Å². The highest BCUT2D eigenvalue weighted by molar-refractivity contribution is 7.09. The smallest absolute Gasteiger partial charge is 0.282 e. The fourth-order valence-electron chi connectivity index (χ4n) is 2.92. The maximum absolute atomic E-state index is 13.0. The van der Waals surface area contributed by atoms with Gasteiger partial charge < -0.3 is 15.0 Å². The van der Waals surface area contributed by atoms with Gasteiger partial charge in [0.05, 0.1) is 13.7 Å². The second-order valence-electron chi connectivity index (χ2n) is 6.40. The van der Waals surface area contributed by atoms with Gasteiger partial charge in [-0.15, -0.1) is 11.3 Å². The van der Waals surface area contributed by atoms with Crippen molar-refractivity contribution in [3.63, 3.8) is 0 Å². The van der Waals surface area contributed by atoms with Crippen LogP contribution in [-0.2, 0) is 11.3 Å². The summed E-state index contributed by atoms with van der Waals surface area (Å²) in [5.41, 5.74) is 2.11. The van der Waals surface area contributed by atoms with Gasteiger partial charge >= 0.3 is 0 Å². The van der Waals surface area contributed by atoms with Crippen molar-refractivity contribution in [1.82, 2.24) is 0 Å². The molecule has 0 spiro atoms. The lowest BCUT2D eigenvalue weighted by Gasteiger charge is -2.22. The first-order chi connectivity index (χ1) is 13.2. The van der Waals surface area contributed by atoms with E-state index in [1.807, 2.05) is 58.8 Å². The van der Waals surface area contributed by atoms with Crippen molar-refractivity contribution in [2.45, 2.75) is 19.5 Å². The van der Waals surface area contributed by atoms with Crippen molar-refractivity contribution in [3.8, 4) is 5.75 Å². The minimum atomic E-state index is 0.0938. The van der Waals surface area contributed by atoms with Gasteiger partial charge in [0.1, 0.15) is 11.8 Å². The Kier molecular flexibility index (Phi) is 6.63. The lowest BCUT2D eigenvalue weighted by molar-refractivity contribution is -0.682. The summed E-state index contributed by atoms with van der Waals surface area (Å²) in [6.07, 6.45) is 0. The number of hydrogen-bond acceptors (Lipinski definition) is 3. The number of rotatable bonds is 8. The van der Waals surface area contributed by atoms with Crippen LogP contribution in [-0.4, -0.2) is 19.6 Å². The summed E-state index contributed by atoms with van der Waals surface area (Å²) in [4.78, 5) is 16.0. The van der Waals surface area contributed by atoms with E-state index in [0.29, 0.717) is 13.1 Å². The maximum Gasteiger partial charge on any atom is 0.282 e. The van der Waals surface area contributed by atoms with E-state index in [0.717, 1.165) is 16.3 Å². The van der Waals surface area contributed by atoms with Crippen LogP contribution in [0.4, 0.5) is 5.69 Å². The second kappa shape index (κ2) is 9.35. The number of carbonyl (C=O) groups is 1. The molecule has 140 valence electrons. The Balaban J connectivity index is 1.71. The van der Waals surface area contributed by atoms with Gasteiger partial charge in [-0.05, 0) is 42.6 Å². The number of quaternary nitrogens is 1. The first kappa shape index (κ1) is 19.1. The number of methoxy groups -OCH3 is 1. The third-order valence-electron chi connectivity index (χ3n) is 4.55. The number of amides is 1. The quantitative estimate of drug-likeness (QED) is 0.648. The van der Waals surface area contributed by atoms with E-state index in [-0.39, 0.29) is 11.9 Å². The molecule has 0 aliphatic heterocycles. The first-order valence-electron chi connectivity index (χ1n) is 9.02. The van der Waals surface area contributed by atoms with Crippen LogP contribution in [0.2, 0.25) is 0 Å². The number of ether oxygens (including phenoxy) is 1. The lowest BCUT2D eigenvalue weighted by atomic mass is 10.1. The molecule has 0 bridgehead atoms. The molecule has 0 fully saturated rings. The van der Waals surface area contributed by atoms with Crippen molar-refractivity contribution in [2.24, 2.45) is 0 Å². The molecule has 2 N–H and O–H groups in total. The van der Waals surface area contributed by atoms with Crippen molar-refractivity contribution in [1.29, 1.82) is 0 Å². The van der Waals surface area contributed by atoms with E-state index in [2.05, 4.69) is 30.4 Å². The van der Waals surface area contributed by atoms with Crippen LogP contribution in [0.25, 0.3) is 0 Å². The number of nitrogens with two attached hydrogens (primary N) is 1. The molecule has 0 radical (unpaired) electrons. The Bertz CT molecular complexity index is 833. The van der Waals surface area contributed by atoms with E-state index >= 15 is 0 Å². The van der Waals surface area contributed by atoms with Crippen molar-refractivity contribution < 1.29 is 14.8 Å². The highest BCUT2D eigenvalue weighted by Crippen LogP contribution is 2.22. The molecule has 0 aliphatic rings. The third-order valence-corrected chi connectivity index (χ3v) is 5.41. The van der Waals surface area contributed by atoms with Gasteiger partial charge in [0.2, 0.25) is 0 Å². The van der Waals surface area contributed by atoms with Gasteiger partial charge in [-0.1, -0.05) is 36.4 Å². The summed E-state index contributed by atoms with van der Waals surface area (Å²) >= 11 is 1.66. The summed E-state index contributed by atoms with van der Waals surface area (Å²) in [7, 11) is 1.64. The number of anilines is 1. The molecule has 1 aromatic heterocycles. The Morgan fingerprint density at radius 3 is 2.44 bits per heavy atom. The van der Waals surface area contributed by atoms with E-state index < -0.39 is 0 Å². The fourth-order valence-corrected chi connectivity index (χ4v) is 3.62. The minimum absolute atomic E-state index is 0.0938. The standard InChI is InChI=1S/C22H24N2O2S/c1-17(18-7-4-3-5-8-18)23-15-22(25)24(16-21-9-6-14-27-21)19-10-12-20(26-2)13-11-19/h3-14,17,23H,15-16H2,1-2H3/p+1/t17-/m0/s1. The Morgan fingerprint density at radius 1 is 1.07 bits per heavy atom. The molecule has 0 saturated carbocycles. The van der Waals surface area contributed by atoms with Gasteiger partial charge in [-0.2, -0.15) is 0 Å². The van der Waals surface area contributed by atoms with Crippen LogP contribution < -0.4 is 15.0 Å².